The molecular weight excluding hydrogens is 269 g/mol. The van der Waals surface area contributed by atoms with Crippen molar-refractivity contribution in [3.8, 4) is 0 Å². The lowest BCUT2D eigenvalue weighted by atomic mass is 9.91. The van der Waals surface area contributed by atoms with Crippen molar-refractivity contribution >= 4 is 29.0 Å². The molecule has 0 saturated carbocycles. The van der Waals surface area contributed by atoms with Gasteiger partial charge in [0.05, 0.1) is 0 Å². The number of carbonyl (C=O) groups is 1. The molecule has 4 heteroatoms. The van der Waals surface area contributed by atoms with Crippen molar-refractivity contribution in [1.82, 2.24) is 5.32 Å². The van der Waals surface area contributed by atoms with Gasteiger partial charge in [-0.25, -0.2) is 0 Å². The number of benzene rings is 1. The summed E-state index contributed by atoms with van der Waals surface area (Å²) in [4.78, 5) is 12.0. The Bertz CT molecular complexity index is 408. The van der Waals surface area contributed by atoms with Crippen molar-refractivity contribution in [3.63, 3.8) is 0 Å². The highest BCUT2D eigenvalue weighted by molar-refractivity contribution is 6.36. The third-order valence-electron chi connectivity index (χ3n) is 3.41. The number of rotatable bonds is 4. The zero-order valence-electron chi connectivity index (χ0n) is 10.2. The minimum atomic E-state index is 0.233. The summed E-state index contributed by atoms with van der Waals surface area (Å²) in [6, 6.07) is 5.35. The van der Waals surface area contributed by atoms with Crippen LogP contribution >= 0.6 is 23.2 Å². The molecule has 2 rings (SSSR count). The number of nitrogens with one attached hydrogen (secondary N) is 1. The summed E-state index contributed by atoms with van der Waals surface area (Å²) in [7, 11) is 0. The third-order valence-corrected chi connectivity index (χ3v) is 4.12. The molecule has 0 unspecified atom stereocenters. The van der Waals surface area contributed by atoms with E-state index in [1.807, 2.05) is 0 Å². The maximum Gasteiger partial charge on any atom is 0.137 e. The van der Waals surface area contributed by atoms with E-state index in [-0.39, 0.29) is 5.78 Å². The average Bonchev–Trinajstić information content (AvgIpc) is 2.35. The van der Waals surface area contributed by atoms with E-state index in [1.54, 1.807) is 18.2 Å². The minimum absolute atomic E-state index is 0.233. The van der Waals surface area contributed by atoms with Gasteiger partial charge in [-0.05, 0) is 49.5 Å². The zero-order valence-corrected chi connectivity index (χ0v) is 11.7. The van der Waals surface area contributed by atoms with Gasteiger partial charge in [-0.1, -0.05) is 29.3 Å². The highest BCUT2D eigenvalue weighted by Crippen LogP contribution is 2.26. The molecule has 1 fully saturated rings. The van der Waals surface area contributed by atoms with Crippen molar-refractivity contribution in [2.75, 3.05) is 13.1 Å². The highest BCUT2D eigenvalue weighted by atomic mass is 35.5. The maximum absolute atomic E-state index is 12.0. The van der Waals surface area contributed by atoms with Crippen LogP contribution in [0.25, 0.3) is 0 Å². The first kappa shape index (κ1) is 13.9. The predicted octanol–water partition coefficient (Wildman–Crippen LogP) is 3.49. The normalized spacial score (nSPS) is 16.8. The van der Waals surface area contributed by atoms with E-state index in [4.69, 9.17) is 23.2 Å². The Morgan fingerprint density at radius 1 is 1.22 bits per heavy atom. The van der Waals surface area contributed by atoms with E-state index in [9.17, 15) is 4.79 Å². The fourth-order valence-corrected chi connectivity index (χ4v) is 2.91. The van der Waals surface area contributed by atoms with E-state index >= 15 is 0 Å². The molecule has 0 bridgehead atoms. The minimum Gasteiger partial charge on any atom is -0.317 e. The van der Waals surface area contributed by atoms with E-state index in [0.29, 0.717) is 28.8 Å². The number of hydrogen-bond acceptors (Lipinski definition) is 2. The largest absolute Gasteiger partial charge is 0.317 e. The molecular formula is C14H17Cl2NO. The molecule has 1 heterocycles. The van der Waals surface area contributed by atoms with Crippen LogP contribution in [-0.4, -0.2) is 18.9 Å². The van der Waals surface area contributed by atoms with Gasteiger partial charge < -0.3 is 5.32 Å². The first-order chi connectivity index (χ1) is 8.66. The predicted molar refractivity (Wildman–Crippen MR) is 75.4 cm³/mol. The second-order valence-corrected chi connectivity index (χ2v) is 5.63. The van der Waals surface area contributed by atoms with Crippen LogP contribution in [0.1, 0.15) is 24.8 Å². The van der Waals surface area contributed by atoms with Crippen LogP contribution in [0.4, 0.5) is 0 Å². The number of halogens is 2. The number of Topliss-reactive ketones (excluding diaryl/α,β-unsaturated/α-hetero) is 1. The van der Waals surface area contributed by atoms with Gasteiger partial charge >= 0.3 is 0 Å². The fourth-order valence-electron chi connectivity index (χ4n) is 2.38. The molecule has 0 atom stereocenters. The molecule has 0 amide bonds. The molecule has 1 aliphatic rings. The molecule has 1 aliphatic heterocycles. The van der Waals surface area contributed by atoms with Gasteiger partial charge in [-0.15, -0.1) is 0 Å². The number of carbonyl (C=O) groups excluding carboxylic acids is 1. The molecule has 18 heavy (non-hydrogen) atoms. The van der Waals surface area contributed by atoms with E-state index in [1.165, 1.54) is 0 Å². The van der Waals surface area contributed by atoms with Gasteiger partial charge in [0.15, 0.2) is 0 Å². The van der Waals surface area contributed by atoms with Crippen molar-refractivity contribution in [2.24, 2.45) is 5.92 Å². The van der Waals surface area contributed by atoms with Gasteiger partial charge in [0.25, 0.3) is 0 Å². The Morgan fingerprint density at radius 2 is 1.83 bits per heavy atom. The quantitative estimate of drug-likeness (QED) is 0.918. The van der Waals surface area contributed by atoms with Gasteiger partial charge in [0, 0.05) is 22.9 Å². The van der Waals surface area contributed by atoms with Crippen molar-refractivity contribution in [2.45, 2.75) is 25.7 Å². The Kier molecular flexibility index (Phi) is 5.04. The van der Waals surface area contributed by atoms with Gasteiger partial charge in [0.2, 0.25) is 0 Å². The summed E-state index contributed by atoms with van der Waals surface area (Å²) in [5.41, 5.74) is 0.764. The lowest BCUT2D eigenvalue weighted by Crippen LogP contribution is -2.29. The highest BCUT2D eigenvalue weighted by Gasteiger charge is 2.18. The van der Waals surface area contributed by atoms with Crippen LogP contribution in [0.5, 0.6) is 0 Å². The lowest BCUT2D eigenvalue weighted by molar-refractivity contribution is -0.119. The number of hydrogen-bond donors (Lipinski definition) is 1. The second-order valence-electron chi connectivity index (χ2n) is 4.81. The van der Waals surface area contributed by atoms with Crippen LogP contribution in [-0.2, 0) is 11.2 Å². The van der Waals surface area contributed by atoms with Gasteiger partial charge in [-0.3, -0.25) is 4.79 Å². The molecule has 1 aromatic carbocycles. The summed E-state index contributed by atoms with van der Waals surface area (Å²) in [5.74, 6) is 0.747. The average molecular weight is 286 g/mol. The summed E-state index contributed by atoms with van der Waals surface area (Å²) in [6.07, 6.45) is 3.16. The van der Waals surface area contributed by atoms with E-state index < -0.39 is 0 Å². The standard InChI is InChI=1S/C14H17Cl2NO/c15-13-2-1-3-14(16)12(13)9-11(18)8-10-4-6-17-7-5-10/h1-3,10,17H,4-9H2. The molecule has 2 nitrogen and oxygen atoms in total. The van der Waals surface area contributed by atoms with Crippen LogP contribution in [0.15, 0.2) is 18.2 Å². The Balaban J connectivity index is 1.94. The Morgan fingerprint density at radius 3 is 2.44 bits per heavy atom. The van der Waals surface area contributed by atoms with Crippen molar-refractivity contribution in [3.05, 3.63) is 33.8 Å². The Hall–Kier alpha value is -0.570. The summed E-state index contributed by atoms with van der Waals surface area (Å²) in [5, 5.41) is 4.47. The second kappa shape index (κ2) is 6.55. The van der Waals surface area contributed by atoms with Crippen molar-refractivity contribution in [1.29, 1.82) is 0 Å². The SMILES string of the molecule is O=C(Cc1c(Cl)cccc1Cl)CC1CCNCC1. The first-order valence-electron chi connectivity index (χ1n) is 6.32. The van der Waals surface area contributed by atoms with Crippen LogP contribution in [0.3, 0.4) is 0 Å². The van der Waals surface area contributed by atoms with Crippen molar-refractivity contribution < 1.29 is 4.79 Å². The molecule has 0 aromatic heterocycles. The molecule has 0 radical (unpaired) electrons. The van der Waals surface area contributed by atoms with Gasteiger partial charge in [-0.2, -0.15) is 0 Å². The molecule has 0 spiro atoms. The molecule has 1 N–H and O–H groups in total. The van der Waals surface area contributed by atoms with Crippen LogP contribution < -0.4 is 5.32 Å². The first-order valence-corrected chi connectivity index (χ1v) is 7.07. The molecule has 1 aromatic rings. The molecule has 1 saturated heterocycles. The topological polar surface area (TPSA) is 29.1 Å². The number of ketones is 1. The van der Waals surface area contributed by atoms with Gasteiger partial charge in [0.1, 0.15) is 5.78 Å². The number of piperidine rings is 1. The fraction of sp³-hybridized carbons (Fsp3) is 0.500. The maximum atomic E-state index is 12.0. The Labute approximate surface area is 118 Å². The summed E-state index contributed by atoms with van der Waals surface area (Å²) >= 11 is 12.1. The summed E-state index contributed by atoms with van der Waals surface area (Å²) < 4.78 is 0. The summed E-state index contributed by atoms with van der Waals surface area (Å²) in [6.45, 7) is 2.04. The smallest absolute Gasteiger partial charge is 0.137 e. The zero-order chi connectivity index (χ0) is 13.0. The van der Waals surface area contributed by atoms with Crippen LogP contribution in [0.2, 0.25) is 10.0 Å². The molecule has 98 valence electrons. The third kappa shape index (κ3) is 3.71. The lowest BCUT2D eigenvalue weighted by Gasteiger charge is -2.21. The molecule has 0 aliphatic carbocycles. The monoisotopic (exact) mass is 285 g/mol. The van der Waals surface area contributed by atoms with Crippen LogP contribution in [0, 0.1) is 5.92 Å². The van der Waals surface area contributed by atoms with E-state index in [0.717, 1.165) is 31.5 Å². The van der Waals surface area contributed by atoms with E-state index in [2.05, 4.69) is 5.32 Å².